The van der Waals surface area contributed by atoms with Crippen LogP contribution in [0.15, 0.2) is 23.1 Å². The van der Waals surface area contributed by atoms with Crippen molar-refractivity contribution in [2.75, 3.05) is 7.05 Å². The zero-order chi connectivity index (χ0) is 14.6. The Kier molecular flexibility index (Phi) is 5.80. The summed E-state index contributed by atoms with van der Waals surface area (Å²) in [7, 11) is -1.70. The summed E-state index contributed by atoms with van der Waals surface area (Å²) >= 11 is 6.08. The van der Waals surface area contributed by atoms with Crippen LogP contribution in [-0.2, 0) is 16.6 Å². The molecule has 108 valence electrons. The number of sulfonamides is 1. The fraction of sp³-hybridized carbons (Fsp3) is 0.538. The molecule has 0 radical (unpaired) electrons. The Morgan fingerprint density at radius 3 is 2.37 bits per heavy atom. The van der Waals surface area contributed by atoms with Crippen LogP contribution in [0, 0.1) is 5.92 Å². The quantitative estimate of drug-likeness (QED) is 0.848. The molecule has 0 heterocycles. The van der Waals surface area contributed by atoms with E-state index in [1.54, 1.807) is 12.1 Å². The van der Waals surface area contributed by atoms with E-state index in [2.05, 4.69) is 10.0 Å². The van der Waals surface area contributed by atoms with Crippen LogP contribution in [0.3, 0.4) is 0 Å². The lowest BCUT2D eigenvalue weighted by atomic mass is 10.1. The maximum Gasteiger partial charge on any atom is 0.240 e. The smallest absolute Gasteiger partial charge is 0.240 e. The molecule has 1 unspecified atom stereocenters. The third-order valence-corrected chi connectivity index (χ3v) is 4.95. The molecule has 0 aliphatic rings. The van der Waals surface area contributed by atoms with E-state index in [1.807, 2.05) is 27.8 Å². The van der Waals surface area contributed by atoms with Crippen LogP contribution in [-0.4, -0.2) is 21.5 Å². The zero-order valence-corrected chi connectivity index (χ0v) is 13.3. The summed E-state index contributed by atoms with van der Waals surface area (Å²) in [5.74, 6) is 0.230. The molecule has 0 amide bonds. The molecule has 1 rings (SSSR count). The Morgan fingerprint density at radius 1 is 1.26 bits per heavy atom. The molecule has 2 N–H and O–H groups in total. The van der Waals surface area contributed by atoms with Gasteiger partial charge in [-0.05, 0) is 37.6 Å². The molecule has 1 aromatic carbocycles. The van der Waals surface area contributed by atoms with E-state index in [0.717, 1.165) is 5.56 Å². The van der Waals surface area contributed by atoms with Gasteiger partial charge in [0.2, 0.25) is 10.0 Å². The van der Waals surface area contributed by atoms with Crippen molar-refractivity contribution >= 4 is 21.6 Å². The second-order valence-electron chi connectivity index (χ2n) is 4.94. The number of halogens is 1. The highest BCUT2D eigenvalue weighted by molar-refractivity contribution is 7.89. The molecule has 0 fully saturated rings. The molecule has 0 saturated heterocycles. The van der Waals surface area contributed by atoms with Crippen molar-refractivity contribution in [3.8, 4) is 0 Å². The van der Waals surface area contributed by atoms with Crippen LogP contribution in [0.2, 0.25) is 5.02 Å². The van der Waals surface area contributed by atoms with E-state index in [1.165, 1.54) is 6.07 Å². The van der Waals surface area contributed by atoms with Gasteiger partial charge in [0.1, 0.15) is 0 Å². The van der Waals surface area contributed by atoms with Crippen LogP contribution in [0.4, 0.5) is 0 Å². The van der Waals surface area contributed by atoms with E-state index in [0.29, 0.717) is 11.6 Å². The molecule has 0 aliphatic heterocycles. The zero-order valence-electron chi connectivity index (χ0n) is 11.7. The summed E-state index contributed by atoms with van der Waals surface area (Å²) in [6, 6.07) is 4.67. The van der Waals surface area contributed by atoms with Gasteiger partial charge in [0.15, 0.2) is 0 Å². The van der Waals surface area contributed by atoms with Crippen molar-refractivity contribution in [2.45, 2.75) is 38.3 Å². The lowest BCUT2D eigenvalue weighted by Crippen LogP contribution is -2.36. The van der Waals surface area contributed by atoms with Gasteiger partial charge in [-0.2, -0.15) is 0 Å². The fourth-order valence-electron chi connectivity index (χ4n) is 1.48. The average Bonchev–Trinajstić information content (AvgIpc) is 2.31. The molecule has 0 bridgehead atoms. The fourth-order valence-corrected chi connectivity index (χ4v) is 3.21. The standard InChI is InChI=1S/C13H21ClN2O2S/c1-9(2)10(3)16-19(17,18)12-6-5-11(8-15-4)13(14)7-12/h5-7,9-10,15-16H,8H2,1-4H3. The molecular weight excluding hydrogens is 284 g/mol. The Labute approximate surface area is 120 Å². The van der Waals surface area contributed by atoms with Crippen molar-refractivity contribution in [3.63, 3.8) is 0 Å². The predicted molar refractivity (Wildman–Crippen MR) is 78.8 cm³/mol. The molecule has 0 saturated carbocycles. The first-order chi connectivity index (χ1) is 8.77. The van der Waals surface area contributed by atoms with Crippen molar-refractivity contribution in [3.05, 3.63) is 28.8 Å². The van der Waals surface area contributed by atoms with E-state index >= 15 is 0 Å². The summed E-state index contributed by atoms with van der Waals surface area (Å²) < 4.78 is 27.0. The van der Waals surface area contributed by atoms with Crippen molar-refractivity contribution in [1.29, 1.82) is 0 Å². The third-order valence-electron chi connectivity index (χ3n) is 3.04. The summed E-state index contributed by atoms with van der Waals surface area (Å²) in [4.78, 5) is 0.199. The monoisotopic (exact) mass is 304 g/mol. The Hall–Kier alpha value is -0.620. The summed E-state index contributed by atoms with van der Waals surface area (Å²) in [6.07, 6.45) is 0. The van der Waals surface area contributed by atoms with Gasteiger partial charge in [-0.1, -0.05) is 31.5 Å². The third kappa shape index (κ3) is 4.45. The summed E-state index contributed by atoms with van der Waals surface area (Å²) in [6.45, 7) is 6.39. The summed E-state index contributed by atoms with van der Waals surface area (Å²) in [5, 5.41) is 3.43. The second-order valence-corrected chi connectivity index (χ2v) is 7.06. The van der Waals surface area contributed by atoms with E-state index in [4.69, 9.17) is 11.6 Å². The number of rotatable bonds is 6. The van der Waals surface area contributed by atoms with Gasteiger partial charge in [0.05, 0.1) is 4.90 Å². The molecule has 1 atom stereocenters. The molecule has 4 nitrogen and oxygen atoms in total. The first kappa shape index (κ1) is 16.4. The van der Waals surface area contributed by atoms with Gasteiger partial charge in [-0.15, -0.1) is 0 Å². The van der Waals surface area contributed by atoms with Crippen LogP contribution in [0.1, 0.15) is 26.3 Å². The van der Waals surface area contributed by atoms with Crippen LogP contribution in [0.5, 0.6) is 0 Å². The first-order valence-electron chi connectivity index (χ1n) is 6.23. The average molecular weight is 305 g/mol. The van der Waals surface area contributed by atoms with Crippen molar-refractivity contribution in [2.24, 2.45) is 5.92 Å². The summed E-state index contributed by atoms with van der Waals surface area (Å²) in [5.41, 5.74) is 0.875. The normalized spacial score (nSPS) is 13.8. The topological polar surface area (TPSA) is 58.2 Å². The van der Waals surface area contributed by atoms with Crippen molar-refractivity contribution < 1.29 is 8.42 Å². The maximum atomic E-state index is 12.2. The van der Waals surface area contributed by atoms with Gasteiger partial charge in [-0.25, -0.2) is 13.1 Å². The Balaban J connectivity index is 2.99. The highest BCUT2D eigenvalue weighted by Crippen LogP contribution is 2.21. The lowest BCUT2D eigenvalue weighted by Gasteiger charge is -2.18. The van der Waals surface area contributed by atoms with E-state index in [9.17, 15) is 8.42 Å². The van der Waals surface area contributed by atoms with Crippen LogP contribution < -0.4 is 10.0 Å². The van der Waals surface area contributed by atoms with Gasteiger partial charge in [0, 0.05) is 17.6 Å². The molecule has 6 heteroatoms. The minimum Gasteiger partial charge on any atom is -0.316 e. The minimum atomic E-state index is -3.51. The van der Waals surface area contributed by atoms with Crippen LogP contribution >= 0.6 is 11.6 Å². The number of hydrogen-bond donors (Lipinski definition) is 2. The highest BCUT2D eigenvalue weighted by atomic mass is 35.5. The molecular formula is C13H21ClN2O2S. The first-order valence-corrected chi connectivity index (χ1v) is 8.09. The second kappa shape index (κ2) is 6.70. The molecule has 0 spiro atoms. The van der Waals surface area contributed by atoms with Gasteiger partial charge >= 0.3 is 0 Å². The van der Waals surface area contributed by atoms with Crippen LogP contribution in [0.25, 0.3) is 0 Å². The maximum absolute atomic E-state index is 12.2. The van der Waals surface area contributed by atoms with E-state index in [-0.39, 0.29) is 16.9 Å². The lowest BCUT2D eigenvalue weighted by molar-refractivity contribution is 0.476. The minimum absolute atomic E-state index is 0.124. The SMILES string of the molecule is CNCc1ccc(S(=O)(=O)NC(C)C(C)C)cc1Cl. The molecule has 1 aromatic rings. The predicted octanol–water partition coefficient (Wildman–Crippen LogP) is 2.38. The molecule has 0 aromatic heterocycles. The Morgan fingerprint density at radius 2 is 1.89 bits per heavy atom. The highest BCUT2D eigenvalue weighted by Gasteiger charge is 2.19. The van der Waals surface area contributed by atoms with E-state index < -0.39 is 10.0 Å². The molecule has 0 aliphatic carbocycles. The van der Waals surface area contributed by atoms with Gasteiger partial charge in [0.25, 0.3) is 0 Å². The number of hydrogen-bond acceptors (Lipinski definition) is 3. The van der Waals surface area contributed by atoms with Gasteiger partial charge in [-0.3, -0.25) is 0 Å². The van der Waals surface area contributed by atoms with Gasteiger partial charge < -0.3 is 5.32 Å². The Bertz CT molecular complexity index is 529. The van der Waals surface area contributed by atoms with Crippen molar-refractivity contribution in [1.82, 2.24) is 10.0 Å². The molecule has 19 heavy (non-hydrogen) atoms. The largest absolute Gasteiger partial charge is 0.316 e. The number of nitrogens with one attached hydrogen (secondary N) is 2. The number of benzene rings is 1.